The van der Waals surface area contributed by atoms with Gasteiger partial charge in [-0.15, -0.1) is 11.3 Å². The van der Waals surface area contributed by atoms with Crippen molar-refractivity contribution < 1.29 is 5.11 Å². The minimum Gasteiger partial charge on any atom is -0.385 e. The maximum atomic E-state index is 10.7. The molecule has 0 spiro atoms. The predicted molar refractivity (Wildman–Crippen MR) is 81.5 cm³/mol. The molecule has 3 atom stereocenters. The van der Waals surface area contributed by atoms with Gasteiger partial charge in [-0.2, -0.15) is 5.26 Å². The molecule has 20 heavy (non-hydrogen) atoms. The normalized spacial score (nSPS) is 28.3. The van der Waals surface area contributed by atoms with E-state index < -0.39 is 11.5 Å². The molecule has 0 bridgehead atoms. The number of aliphatic hydroxyl groups is 1. The average Bonchev–Trinajstić information content (AvgIpc) is 3.05. The quantitative estimate of drug-likeness (QED) is 0.908. The molecular formula is C16H24N2OS. The summed E-state index contributed by atoms with van der Waals surface area (Å²) in [7, 11) is 0. The van der Waals surface area contributed by atoms with Gasteiger partial charge >= 0.3 is 0 Å². The van der Waals surface area contributed by atoms with E-state index in [-0.39, 0.29) is 5.41 Å². The first-order valence-electron chi connectivity index (χ1n) is 7.37. The van der Waals surface area contributed by atoms with Gasteiger partial charge in [-0.25, -0.2) is 4.98 Å². The summed E-state index contributed by atoms with van der Waals surface area (Å²) in [5.41, 5.74) is 0.0341. The number of nitriles is 1. The number of thiazole rings is 1. The van der Waals surface area contributed by atoms with Crippen LogP contribution in [0.15, 0.2) is 5.38 Å². The van der Waals surface area contributed by atoms with Crippen molar-refractivity contribution >= 4 is 11.3 Å². The van der Waals surface area contributed by atoms with E-state index in [1.807, 2.05) is 5.38 Å². The standard InChI is InChI=1S/C16H24N2OS/c1-5-11-6-7-16(8-11,10-17)13(19)12-9-20-14(18-12)15(2,3)4/h9,11,13,19H,5-8H2,1-4H3. The minimum absolute atomic E-state index is 0.00985. The molecule has 0 saturated heterocycles. The number of rotatable bonds is 3. The molecule has 0 radical (unpaired) electrons. The van der Waals surface area contributed by atoms with E-state index in [0.717, 1.165) is 30.7 Å². The molecule has 1 heterocycles. The zero-order valence-electron chi connectivity index (χ0n) is 12.8. The summed E-state index contributed by atoms with van der Waals surface area (Å²) in [6.07, 6.45) is 2.95. The van der Waals surface area contributed by atoms with Crippen molar-refractivity contribution in [3.05, 3.63) is 16.1 Å². The summed E-state index contributed by atoms with van der Waals surface area (Å²) in [5.74, 6) is 0.560. The fraction of sp³-hybridized carbons (Fsp3) is 0.750. The van der Waals surface area contributed by atoms with Gasteiger partial charge in [-0.1, -0.05) is 34.1 Å². The monoisotopic (exact) mass is 292 g/mol. The second-order valence-corrected chi connectivity index (χ2v) is 7.87. The van der Waals surface area contributed by atoms with Gasteiger partial charge in [0.25, 0.3) is 0 Å². The van der Waals surface area contributed by atoms with E-state index >= 15 is 0 Å². The molecule has 110 valence electrons. The van der Waals surface area contributed by atoms with Gasteiger partial charge in [0, 0.05) is 10.8 Å². The third-order valence-corrected chi connectivity index (χ3v) is 5.71. The van der Waals surface area contributed by atoms with Crippen LogP contribution in [0.4, 0.5) is 0 Å². The molecular weight excluding hydrogens is 268 g/mol. The number of aliphatic hydroxyl groups excluding tert-OH is 1. The first-order chi connectivity index (χ1) is 9.32. The molecule has 4 heteroatoms. The molecule has 0 amide bonds. The first kappa shape index (κ1) is 15.5. The summed E-state index contributed by atoms with van der Waals surface area (Å²) in [5, 5.41) is 23.2. The highest BCUT2D eigenvalue weighted by molar-refractivity contribution is 7.09. The number of hydrogen-bond donors (Lipinski definition) is 1. The van der Waals surface area contributed by atoms with E-state index in [0.29, 0.717) is 11.6 Å². The summed E-state index contributed by atoms with van der Waals surface area (Å²) < 4.78 is 0. The van der Waals surface area contributed by atoms with E-state index in [2.05, 4.69) is 38.7 Å². The highest BCUT2D eigenvalue weighted by atomic mass is 32.1. The van der Waals surface area contributed by atoms with Gasteiger partial charge in [0.1, 0.15) is 6.10 Å². The van der Waals surface area contributed by atoms with Crippen LogP contribution in [0.3, 0.4) is 0 Å². The Morgan fingerprint density at radius 3 is 2.75 bits per heavy atom. The summed E-state index contributed by atoms with van der Waals surface area (Å²) in [4.78, 5) is 4.59. The van der Waals surface area contributed by atoms with Crippen molar-refractivity contribution in [1.82, 2.24) is 4.98 Å². The third kappa shape index (κ3) is 2.75. The van der Waals surface area contributed by atoms with E-state index in [4.69, 9.17) is 0 Å². The minimum atomic E-state index is -0.753. The Balaban J connectivity index is 2.24. The first-order valence-corrected chi connectivity index (χ1v) is 8.25. The fourth-order valence-electron chi connectivity index (χ4n) is 2.98. The van der Waals surface area contributed by atoms with Gasteiger partial charge in [-0.05, 0) is 25.2 Å². The summed E-state index contributed by atoms with van der Waals surface area (Å²) in [6, 6.07) is 2.40. The van der Waals surface area contributed by atoms with Crippen LogP contribution < -0.4 is 0 Å². The van der Waals surface area contributed by atoms with Crippen molar-refractivity contribution in [2.24, 2.45) is 11.3 Å². The van der Waals surface area contributed by atoms with Gasteiger partial charge in [0.2, 0.25) is 0 Å². The van der Waals surface area contributed by atoms with Crippen LogP contribution in [-0.4, -0.2) is 10.1 Å². The molecule has 3 unspecified atom stereocenters. The predicted octanol–water partition coefficient (Wildman–Crippen LogP) is 4.19. The molecule has 1 aromatic heterocycles. The number of nitrogens with zero attached hydrogens (tertiary/aromatic N) is 2. The van der Waals surface area contributed by atoms with Gasteiger partial charge in [-0.3, -0.25) is 0 Å². The van der Waals surface area contributed by atoms with Crippen LogP contribution in [0.5, 0.6) is 0 Å². The van der Waals surface area contributed by atoms with Crippen molar-refractivity contribution in [3.63, 3.8) is 0 Å². The molecule has 1 N–H and O–H groups in total. The molecule has 1 aromatic rings. The molecule has 1 fully saturated rings. The molecule has 3 nitrogen and oxygen atoms in total. The second kappa shape index (κ2) is 5.46. The maximum absolute atomic E-state index is 10.7. The van der Waals surface area contributed by atoms with Crippen LogP contribution in [-0.2, 0) is 5.41 Å². The molecule has 1 aliphatic rings. The van der Waals surface area contributed by atoms with Gasteiger partial charge < -0.3 is 5.11 Å². The van der Waals surface area contributed by atoms with E-state index in [1.54, 1.807) is 11.3 Å². The Morgan fingerprint density at radius 1 is 1.60 bits per heavy atom. The van der Waals surface area contributed by atoms with Crippen molar-refractivity contribution in [2.45, 2.75) is 64.9 Å². The lowest BCUT2D eigenvalue weighted by Gasteiger charge is -2.26. The van der Waals surface area contributed by atoms with Crippen LogP contribution >= 0.6 is 11.3 Å². The molecule has 0 aliphatic heterocycles. The SMILES string of the molecule is CCC1CCC(C#N)(C(O)c2csc(C(C)(C)C)n2)C1. The van der Waals surface area contributed by atoms with Crippen molar-refractivity contribution in [3.8, 4) is 6.07 Å². The van der Waals surface area contributed by atoms with E-state index in [9.17, 15) is 10.4 Å². The zero-order chi connectivity index (χ0) is 15.0. The van der Waals surface area contributed by atoms with Gasteiger partial charge in [0.15, 0.2) is 0 Å². The second-order valence-electron chi connectivity index (χ2n) is 7.02. The van der Waals surface area contributed by atoms with Crippen LogP contribution in [0, 0.1) is 22.7 Å². The zero-order valence-corrected chi connectivity index (χ0v) is 13.6. The molecule has 0 aromatic carbocycles. The smallest absolute Gasteiger partial charge is 0.115 e. The summed E-state index contributed by atoms with van der Waals surface area (Å²) >= 11 is 1.58. The Labute approximate surface area is 125 Å². The third-order valence-electron chi connectivity index (χ3n) is 4.42. The van der Waals surface area contributed by atoms with Crippen LogP contribution in [0.1, 0.15) is 70.2 Å². The van der Waals surface area contributed by atoms with E-state index in [1.165, 1.54) is 0 Å². The lowest BCUT2D eigenvalue weighted by Crippen LogP contribution is -2.25. The topological polar surface area (TPSA) is 56.9 Å². The fourth-order valence-corrected chi connectivity index (χ4v) is 3.91. The maximum Gasteiger partial charge on any atom is 0.115 e. The number of aromatic nitrogens is 1. The average molecular weight is 292 g/mol. The lowest BCUT2D eigenvalue weighted by molar-refractivity contribution is 0.0607. The van der Waals surface area contributed by atoms with Gasteiger partial charge in [0.05, 0.1) is 22.2 Å². The van der Waals surface area contributed by atoms with Crippen molar-refractivity contribution in [1.29, 1.82) is 5.26 Å². The largest absolute Gasteiger partial charge is 0.385 e. The Hall–Kier alpha value is -0.920. The highest BCUT2D eigenvalue weighted by Gasteiger charge is 2.46. The Morgan fingerprint density at radius 2 is 2.30 bits per heavy atom. The lowest BCUT2D eigenvalue weighted by atomic mass is 9.79. The number of hydrogen-bond acceptors (Lipinski definition) is 4. The van der Waals surface area contributed by atoms with Crippen LogP contribution in [0.25, 0.3) is 0 Å². The molecule has 1 saturated carbocycles. The van der Waals surface area contributed by atoms with Crippen molar-refractivity contribution in [2.75, 3.05) is 0 Å². The van der Waals surface area contributed by atoms with Crippen LogP contribution in [0.2, 0.25) is 0 Å². The highest BCUT2D eigenvalue weighted by Crippen LogP contribution is 2.50. The Kier molecular flexibility index (Phi) is 4.22. The summed E-state index contributed by atoms with van der Waals surface area (Å²) in [6.45, 7) is 8.51. The Bertz CT molecular complexity index is 511. The molecule has 2 rings (SSSR count). The molecule has 1 aliphatic carbocycles.